The highest BCUT2D eigenvalue weighted by atomic mass is 16.3. The molecule has 0 bridgehead atoms. The summed E-state index contributed by atoms with van der Waals surface area (Å²) in [5, 5.41) is 13.8. The second-order valence-electron chi connectivity index (χ2n) is 7.22. The molecule has 0 saturated carbocycles. The third-order valence-corrected chi connectivity index (χ3v) is 3.85. The average molecular weight is 256 g/mol. The Hall–Kier alpha value is -0.120. The lowest BCUT2D eigenvalue weighted by Gasteiger charge is -2.38. The van der Waals surface area contributed by atoms with Gasteiger partial charge in [0.05, 0.1) is 5.60 Å². The fraction of sp³-hybridized carbons (Fsp3) is 1.00. The molecular formula is C15H32N2O. The Bertz CT molecular complexity index is 245. The van der Waals surface area contributed by atoms with Crippen molar-refractivity contribution in [3.8, 4) is 0 Å². The van der Waals surface area contributed by atoms with Gasteiger partial charge in [0.15, 0.2) is 0 Å². The highest BCUT2D eigenvalue weighted by Gasteiger charge is 2.26. The van der Waals surface area contributed by atoms with Gasteiger partial charge in [-0.3, -0.25) is 0 Å². The predicted molar refractivity (Wildman–Crippen MR) is 77.8 cm³/mol. The summed E-state index contributed by atoms with van der Waals surface area (Å²) in [6, 6.07) is 0. The number of likely N-dealkylation sites (tertiary alicyclic amines) is 1. The minimum atomic E-state index is -0.528. The summed E-state index contributed by atoms with van der Waals surface area (Å²) in [5.74, 6) is 0.727. The van der Waals surface area contributed by atoms with E-state index in [0.29, 0.717) is 0 Å². The van der Waals surface area contributed by atoms with Gasteiger partial charge in [0.2, 0.25) is 0 Å². The van der Waals surface area contributed by atoms with E-state index >= 15 is 0 Å². The van der Waals surface area contributed by atoms with Crippen LogP contribution in [0.15, 0.2) is 0 Å². The smallest absolute Gasteiger partial charge is 0.0743 e. The Labute approximate surface area is 113 Å². The van der Waals surface area contributed by atoms with Gasteiger partial charge in [-0.15, -0.1) is 0 Å². The van der Waals surface area contributed by atoms with E-state index in [2.05, 4.69) is 37.9 Å². The summed E-state index contributed by atoms with van der Waals surface area (Å²) in [5.41, 5.74) is -0.323. The minimum Gasteiger partial charge on any atom is -0.389 e. The van der Waals surface area contributed by atoms with Gasteiger partial charge in [0.1, 0.15) is 0 Å². The number of β-amino-alcohol motifs (C(OH)–C–C–N with tert-alkyl or cyclic N) is 1. The molecule has 1 aliphatic heterocycles. The van der Waals surface area contributed by atoms with Crippen molar-refractivity contribution in [1.29, 1.82) is 0 Å². The van der Waals surface area contributed by atoms with Gasteiger partial charge in [-0.25, -0.2) is 0 Å². The molecule has 1 aliphatic rings. The van der Waals surface area contributed by atoms with Crippen LogP contribution in [0.4, 0.5) is 0 Å². The third-order valence-electron chi connectivity index (χ3n) is 3.85. The summed E-state index contributed by atoms with van der Waals surface area (Å²) in [6.45, 7) is 14.8. The molecule has 1 rings (SSSR count). The number of hydrogen-bond acceptors (Lipinski definition) is 3. The number of rotatable bonds is 5. The number of piperidine rings is 1. The molecule has 108 valence electrons. The van der Waals surface area contributed by atoms with Crippen molar-refractivity contribution >= 4 is 0 Å². The molecule has 0 aromatic carbocycles. The zero-order chi connectivity index (χ0) is 13.8. The molecule has 1 saturated heterocycles. The zero-order valence-electron chi connectivity index (χ0n) is 12.9. The highest BCUT2D eigenvalue weighted by Crippen LogP contribution is 2.20. The van der Waals surface area contributed by atoms with Crippen molar-refractivity contribution in [2.75, 3.05) is 26.2 Å². The van der Waals surface area contributed by atoms with Crippen LogP contribution in [0.1, 0.15) is 53.9 Å². The molecule has 0 radical (unpaired) electrons. The molecule has 3 nitrogen and oxygen atoms in total. The summed E-state index contributed by atoms with van der Waals surface area (Å²) in [7, 11) is 0. The first-order chi connectivity index (χ1) is 8.22. The van der Waals surface area contributed by atoms with Crippen molar-refractivity contribution in [2.24, 2.45) is 5.92 Å². The molecule has 0 amide bonds. The second kappa shape index (κ2) is 6.36. The Kier molecular flexibility index (Phi) is 5.63. The van der Waals surface area contributed by atoms with Gasteiger partial charge in [0, 0.05) is 18.6 Å². The van der Waals surface area contributed by atoms with E-state index in [0.717, 1.165) is 38.5 Å². The second-order valence-corrected chi connectivity index (χ2v) is 7.22. The monoisotopic (exact) mass is 256 g/mol. The molecule has 18 heavy (non-hydrogen) atoms. The molecule has 1 heterocycles. The normalized spacial score (nSPS) is 26.0. The zero-order valence-corrected chi connectivity index (χ0v) is 12.9. The fourth-order valence-corrected chi connectivity index (χ4v) is 2.51. The molecule has 0 aliphatic carbocycles. The van der Waals surface area contributed by atoms with E-state index in [-0.39, 0.29) is 5.54 Å². The van der Waals surface area contributed by atoms with Crippen molar-refractivity contribution in [3.05, 3.63) is 0 Å². The van der Waals surface area contributed by atoms with Crippen LogP contribution in [-0.4, -0.2) is 47.3 Å². The predicted octanol–water partition coefficient (Wildman–Crippen LogP) is 2.25. The van der Waals surface area contributed by atoms with Crippen LogP contribution in [-0.2, 0) is 0 Å². The summed E-state index contributed by atoms with van der Waals surface area (Å²) >= 11 is 0. The molecule has 2 N–H and O–H groups in total. The minimum absolute atomic E-state index is 0.206. The van der Waals surface area contributed by atoms with Gasteiger partial charge in [-0.2, -0.15) is 0 Å². The standard InChI is InChI=1S/C15H32N2O/c1-6-15(5,18)12-17-9-7-8-13(11-17)10-16-14(2,3)4/h13,16,18H,6-12H2,1-5H3. The van der Waals surface area contributed by atoms with Gasteiger partial charge in [0.25, 0.3) is 0 Å². The Morgan fingerprint density at radius 2 is 1.94 bits per heavy atom. The topological polar surface area (TPSA) is 35.5 Å². The number of nitrogens with zero attached hydrogens (tertiary/aromatic N) is 1. The third kappa shape index (κ3) is 6.17. The summed E-state index contributed by atoms with van der Waals surface area (Å²) in [4.78, 5) is 2.43. The average Bonchev–Trinajstić information content (AvgIpc) is 2.25. The van der Waals surface area contributed by atoms with E-state index in [9.17, 15) is 5.11 Å². The van der Waals surface area contributed by atoms with Crippen molar-refractivity contribution < 1.29 is 5.11 Å². The van der Waals surface area contributed by atoms with Crippen LogP contribution in [0.25, 0.3) is 0 Å². The van der Waals surface area contributed by atoms with Crippen molar-refractivity contribution in [2.45, 2.75) is 65.0 Å². The van der Waals surface area contributed by atoms with Gasteiger partial charge in [-0.05, 0) is 66.0 Å². The van der Waals surface area contributed by atoms with E-state index in [4.69, 9.17) is 0 Å². The molecule has 0 aromatic heterocycles. The molecular weight excluding hydrogens is 224 g/mol. The SMILES string of the molecule is CCC(C)(O)CN1CCCC(CNC(C)(C)C)C1. The van der Waals surface area contributed by atoms with E-state index < -0.39 is 5.60 Å². The van der Waals surface area contributed by atoms with Gasteiger partial charge < -0.3 is 15.3 Å². The molecule has 0 spiro atoms. The molecule has 0 aromatic rings. The van der Waals surface area contributed by atoms with E-state index in [1.165, 1.54) is 12.8 Å². The molecule has 3 heteroatoms. The number of aliphatic hydroxyl groups is 1. The van der Waals surface area contributed by atoms with Crippen LogP contribution in [0.2, 0.25) is 0 Å². The van der Waals surface area contributed by atoms with Crippen LogP contribution in [0.5, 0.6) is 0 Å². The Morgan fingerprint density at radius 1 is 1.28 bits per heavy atom. The van der Waals surface area contributed by atoms with E-state index in [1.54, 1.807) is 0 Å². The Morgan fingerprint density at radius 3 is 2.50 bits per heavy atom. The number of nitrogens with one attached hydrogen (secondary N) is 1. The lowest BCUT2D eigenvalue weighted by atomic mass is 9.94. The fourth-order valence-electron chi connectivity index (χ4n) is 2.51. The molecule has 2 unspecified atom stereocenters. The highest BCUT2D eigenvalue weighted by molar-refractivity contribution is 4.82. The molecule has 2 atom stereocenters. The maximum atomic E-state index is 10.2. The number of hydrogen-bond donors (Lipinski definition) is 2. The van der Waals surface area contributed by atoms with Crippen LogP contribution in [0, 0.1) is 5.92 Å². The first-order valence-electron chi connectivity index (χ1n) is 7.41. The first-order valence-corrected chi connectivity index (χ1v) is 7.41. The van der Waals surface area contributed by atoms with Crippen molar-refractivity contribution in [3.63, 3.8) is 0 Å². The van der Waals surface area contributed by atoms with Gasteiger partial charge in [-0.1, -0.05) is 6.92 Å². The summed E-state index contributed by atoms with van der Waals surface area (Å²) < 4.78 is 0. The maximum absolute atomic E-state index is 10.2. The Balaban J connectivity index is 2.37. The van der Waals surface area contributed by atoms with Crippen LogP contribution in [0.3, 0.4) is 0 Å². The maximum Gasteiger partial charge on any atom is 0.0743 e. The first kappa shape index (κ1) is 15.9. The van der Waals surface area contributed by atoms with Crippen molar-refractivity contribution in [1.82, 2.24) is 10.2 Å². The lowest BCUT2D eigenvalue weighted by molar-refractivity contribution is 0.00381. The lowest BCUT2D eigenvalue weighted by Crippen LogP contribution is -2.48. The van der Waals surface area contributed by atoms with Gasteiger partial charge >= 0.3 is 0 Å². The summed E-state index contributed by atoms with van der Waals surface area (Å²) in [6.07, 6.45) is 3.40. The van der Waals surface area contributed by atoms with Crippen LogP contribution < -0.4 is 5.32 Å². The largest absolute Gasteiger partial charge is 0.389 e. The van der Waals surface area contributed by atoms with Crippen LogP contribution >= 0.6 is 0 Å². The van der Waals surface area contributed by atoms with E-state index in [1.807, 2.05) is 6.92 Å². The quantitative estimate of drug-likeness (QED) is 0.792. The molecule has 1 fully saturated rings.